The van der Waals surface area contributed by atoms with Crippen molar-refractivity contribution >= 4 is 49.1 Å². The van der Waals surface area contributed by atoms with Crippen molar-refractivity contribution in [2.75, 3.05) is 43.7 Å². The van der Waals surface area contributed by atoms with Crippen LogP contribution in [0.25, 0.3) is 0 Å². The fraction of sp³-hybridized carbons (Fsp3) is 0.528. The zero-order valence-corrected chi connectivity index (χ0v) is 31.8. The number of hydrogen-bond donors (Lipinski definition) is 7. The summed E-state index contributed by atoms with van der Waals surface area (Å²) in [6, 6.07) is 6.12. The lowest BCUT2D eigenvalue weighted by Crippen LogP contribution is -2.47. The fourth-order valence-corrected chi connectivity index (χ4v) is 8.07. The van der Waals surface area contributed by atoms with Gasteiger partial charge in [0, 0.05) is 25.3 Å². The van der Waals surface area contributed by atoms with Crippen LogP contribution in [0.3, 0.4) is 0 Å². The molecular formula is C36H51N8O9P. The first-order valence-electron chi connectivity index (χ1n) is 18.1. The molecule has 0 radical (unpaired) electrons. The number of allylic oxidation sites excluding steroid dienone is 2. The van der Waals surface area contributed by atoms with Crippen LogP contribution < -0.4 is 27.0 Å². The van der Waals surface area contributed by atoms with Crippen LogP contribution in [0.4, 0.5) is 23.3 Å². The molecular weight excluding hydrogens is 719 g/mol. The minimum Gasteiger partial charge on any atom is -0.465 e. The Morgan fingerprint density at radius 1 is 1.07 bits per heavy atom. The highest BCUT2D eigenvalue weighted by Gasteiger charge is 2.66. The molecule has 3 aliphatic carbocycles. The van der Waals surface area contributed by atoms with Crippen LogP contribution in [0.2, 0.25) is 0 Å². The number of nitrogens with zero attached hydrogens (tertiary/aromatic N) is 3. The number of carbonyl (C=O) groups is 2. The lowest BCUT2D eigenvalue weighted by molar-refractivity contribution is -0.145. The van der Waals surface area contributed by atoms with Crippen LogP contribution in [-0.4, -0.2) is 95.2 Å². The number of aromatic nitrogens is 2. The van der Waals surface area contributed by atoms with Gasteiger partial charge in [-0.2, -0.15) is 9.97 Å². The minimum absolute atomic E-state index is 0.0108. The third-order valence-electron chi connectivity index (χ3n) is 9.59. The number of methoxy groups -OCH3 is 1. The topological polar surface area (TPSA) is 255 Å². The third kappa shape index (κ3) is 9.71. The Balaban J connectivity index is 1.40. The Morgan fingerprint density at radius 2 is 1.74 bits per heavy atom. The number of aliphatic hydroxyl groups is 2. The summed E-state index contributed by atoms with van der Waals surface area (Å²) in [6.45, 7) is 4.55. The number of carbonyl (C=O) groups excluding carboxylic acids is 2. The Morgan fingerprint density at radius 3 is 2.35 bits per heavy atom. The van der Waals surface area contributed by atoms with E-state index < -0.39 is 67.9 Å². The summed E-state index contributed by atoms with van der Waals surface area (Å²) in [5, 5.41) is 32.1. The van der Waals surface area contributed by atoms with Gasteiger partial charge in [0.25, 0.3) is 0 Å². The van der Waals surface area contributed by atoms with Crippen LogP contribution in [0.15, 0.2) is 59.1 Å². The number of nitrogen functional groups attached to an aromatic ring is 2. The summed E-state index contributed by atoms with van der Waals surface area (Å²) in [5.74, 6) is -2.22. The number of aliphatic imine (C=N–C) groups is 1. The molecule has 1 heterocycles. The second-order valence-corrected chi connectivity index (χ2v) is 15.2. The van der Waals surface area contributed by atoms with Crippen LogP contribution in [0.5, 0.6) is 0 Å². The fourth-order valence-electron chi connectivity index (χ4n) is 6.30. The molecule has 0 aliphatic heterocycles. The summed E-state index contributed by atoms with van der Waals surface area (Å²) in [4.78, 5) is 39.3. The molecule has 2 saturated carbocycles. The van der Waals surface area contributed by atoms with Crippen molar-refractivity contribution in [1.29, 1.82) is 0 Å². The minimum atomic E-state index is -4.48. The molecule has 294 valence electrons. The number of esters is 2. The van der Waals surface area contributed by atoms with Crippen LogP contribution in [0, 0.1) is 11.8 Å². The number of ether oxygens (including phenoxy) is 3. The molecule has 0 saturated heterocycles. The summed E-state index contributed by atoms with van der Waals surface area (Å²) < 4.78 is 37.2. The number of nitrogens with two attached hydrogens (primary N) is 2. The molecule has 0 spiro atoms. The number of anilines is 3. The maximum absolute atomic E-state index is 15.0. The molecule has 0 bridgehead atoms. The molecule has 54 heavy (non-hydrogen) atoms. The van der Waals surface area contributed by atoms with Crippen LogP contribution in [0.1, 0.15) is 58.1 Å². The lowest BCUT2D eigenvalue weighted by atomic mass is 10.0. The van der Waals surface area contributed by atoms with Crippen LogP contribution in [-0.2, 0) is 32.9 Å². The van der Waals surface area contributed by atoms with Crippen molar-refractivity contribution in [2.45, 2.75) is 82.4 Å². The van der Waals surface area contributed by atoms with E-state index in [-0.39, 0.29) is 36.7 Å². The molecule has 1 aromatic carbocycles. The molecule has 2 fully saturated rings. The van der Waals surface area contributed by atoms with Crippen molar-refractivity contribution in [3.05, 3.63) is 59.7 Å². The molecule has 17 nitrogen and oxygen atoms in total. The molecule has 5 rings (SSSR count). The summed E-state index contributed by atoms with van der Waals surface area (Å²) >= 11 is 0. The van der Waals surface area contributed by atoms with Crippen molar-refractivity contribution in [2.24, 2.45) is 16.8 Å². The normalized spacial score (nSPS) is 24.1. The number of nitrogens with one attached hydrogen (secondary N) is 3. The smallest absolute Gasteiger partial charge is 0.342 e. The highest BCUT2D eigenvalue weighted by atomic mass is 31.2. The molecule has 3 aliphatic rings. The van der Waals surface area contributed by atoms with Crippen molar-refractivity contribution in [3.63, 3.8) is 0 Å². The molecule has 8 unspecified atom stereocenters. The van der Waals surface area contributed by atoms with E-state index in [2.05, 4.69) is 30.5 Å². The first-order valence-corrected chi connectivity index (χ1v) is 19.7. The van der Waals surface area contributed by atoms with E-state index in [0.29, 0.717) is 23.4 Å². The van der Waals surface area contributed by atoms with Gasteiger partial charge >= 0.3 is 19.6 Å². The van der Waals surface area contributed by atoms with Gasteiger partial charge in [-0.3, -0.25) is 9.56 Å². The number of hydrogen-bond acceptors (Lipinski definition) is 15. The van der Waals surface area contributed by atoms with E-state index in [4.69, 9.17) is 30.2 Å². The Labute approximate surface area is 314 Å². The molecule has 0 amide bonds. The van der Waals surface area contributed by atoms with Gasteiger partial charge in [0.05, 0.1) is 19.8 Å². The average molecular weight is 771 g/mol. The van der Waals surface area contributed by atoms with Gasteiger partial charge in [-0.05, 0) is 56.6 Å². The predicted molar refractivity (Wildman–Crippen MR) is 203 cm³/mol. The zero-order valence-electron chi connectivity index (χ0n) is 30.9. The van der Waals surface area contributed by atoms with E-state index in [1.54, 1.807) is 57.2 Å². The first kappa shape index (κ1) is 41.0. The van der Waals surface area contributed by atoms with E-state index in [9.17, 15) is 24.4 Å². The standard InChI is InChI=1S/C36H51N8O9P/c1-5-51-33(46)27(22-13-9-7-10-14-22)43-54(49,44-28(34(47)52-6-2)23-15-11-8-12-16-23)53-20-26(50-4)30(45)36(48)21(3)25(36)19-39-29-31(37)41-35(38)42-32(29)40-24-17-18-24/h7,9-11,13-16,19,21,24-28,30,45,48H,5-6,8,12,17-18,20H2,1-4H3,(H2,43,44,49)(H5,37,38,40,41,42). The highest BCUT2D eigenvalue weighted by Crippen LogP contribution is 2.53. The highest BCUT2D eigenvalue weighted by molar-refractivity contribution is 7.54. The Kier molecular flexibility index (Phi) is 13.6. The van der Waals surface area contributed by atoms with Crippen molar-refractivity contribution in [3.8, 4) is 0 Å². The van der Waals surface area contributed by atoms with E-state index in [1.807, 2.05) is 12.2 Å². The van der Waals surface area contributed by atoms with Gasteiger partial charge in [-0.15, -0.1) is 0 Å². The number of benzene rings is 1. The molecule has 8 atom stereocenters. The Bertz CT molecular complexity index is 1780. The quantitative estimate of drug-likeness (QED) is 0.0580. The largest absolute Gasteiger partial charge is 0.465 e. The van der Waals surface area contributed by atoms with Gasteiger partial charge < -0.3 is 45.7 Å². The Hall–Kier alpha value is -4.22. The van der Waals surface area contributed by atoms with E-state index >= 15 is 0 Å². The molecule has 2 aromatic rings. The molecule has 9 N–H and O–H groups in total. The maximum Gasteiger partial charge on any atom is 0.342 e. The number of rotatable bonds is 20. The zero-order chi connectivity index (χ0) is 39.0. The van der Waals surface area contributed by atoms with Crippen LogP contribution >= 0.6 is 7.67 Å². The third-order valence-corrected chi connectivity index (χ3v) is 11.3. The number of aliphatic hydroxyl groups excluding tert-OH is 1. The second-order valence-electron chi connectivity index (χ2n) is 13.4. The van der Waals surface area contributed by atoms with Gasteiger partial charge in [-0.1, -0.05) is 55.5 Å². The molecule has 1 aromatic heterocycles. The van der Waals surface area contributed by atoms with Gasteiger partial charge in [0.1, 0.15) is 35.6 Å². The van der Waals surface area contributed by atoms with Crippen molar-refractivity contribution in [1.82, 2.24) is 20.1 Å². The summed E-state index contributed by atoms with van der Waals surface area (Å²) in [6.07, 6.45) is 7.38. The SMILES string of the molecule is CCOC(=O)C(NP(=O)(NC(C(=O)OCC)c1ccccc1)OCC(OC)C(O)C1(O)C(C)C1C=Nc1c(N)nc(N)nc1NC1CC1)C1=CCCC=C1. The van der Waals surface area contributed by atoms with Crippen molar-refractivity contribution < 1.29 is 43.1 Å². The lowest BCUT2D eigenvalue weighted by Gasteiger charge is -2.32. The monoisotopic (exact) mass is 770 g/mol. The second kappa shape index (κ2) is 17.9. The molecule has 18 heteroatoms. The predicted octanol–water partition coefficient (Wildman–Crippen LogP) is 3.11. The first-order chi connectivity index (χ1) is 25.8. The maximum atomic E-state index is 15.0. The van der Waals surface area contributed by atoms with E-state index in [0.717, 1.165) is 19.3 Å². The summed E-state index contributed by atoms with van der Waals surface area (Å²) in [5.41, 5.74) is 11.4. The van der Waals surface area contributed by atoms with Gasteiger partial charge in [0.15, 0.2) is 11.6 Å². The van der Waals surface area contributed by atoms with E-state index in [1.165, 1.54) is 13.3 Å². The average Bonchev–Trinajstić information content (AvgIpc) is 4.07. The van der Waals surface area contributed by atoms with Gasteiger partial charge in [0.2, 0.25) is 5.95 Å². The van der Waals surface area contributed by atoms with Gasteiger partial charge in [-0.25, -0.2) is 19.8 Å². The summed E-state index contributed by atoms with van der Waals surface area (Å²) in [7, 11) is -3.18.